The highest BCUT2D eigenvalue weighted by atomic mass is 19.1. The molecule has 0 radical (unpaired) electrons. The summed E-state index contributed by atoms with van der Waals surface area (Å²) in [4.78, 5) is 17.4. The molecule has 1 saturated heterocycles. The molecule has 0 aliphatic carbocycles. The Bertz CT molecular complexity index is 669. The van der Waals surface area contributed by atoms with E-state index in [1.54, 1.807) is 0 Å². The molecule has 116 valence electrons. The minimum atomic E-state index is -1.12. The third kappa shape index (κ3) is 2.64. The van der Waals surface area contributed by atoms with Gasteiger partial charge in [0.2, 0.25) is 0 Å². The summed E-state index contributed by atoms with van der Waals surface area (Å²) in [6.07, 6.45) is -1.65. The van der Waals surface area contributed by atoms with E-state index in [-0.39, 0.29) is 12.5 Å². The molecule has 0 bridgehead atoms. The maximum Gasteiger partial charge on any atom is 0.255 e. The summed E-state index contributed by atoms with van der Waals surface area (Å²) in [5, 5.41) is 0. The molecule has 1 amide bonds. The van der Waals surface area contributed by atoms with Gasteiger partial charge in [-0.2, -0.15) is 0 Å². The third-order valence-corrected chi connectivity index (χ3v) is 4.12. The largest absolute Gasteiger partial charge is 0.377 e. The normalized spacial score (nSPS) is 21.3. The van der Waals surface area contributed by atoms with Gasteiger partial charge >= 0.3 is 0 Å². The number of aromatic nitrogens is 1. The van der Waals surface area contributed by atoms with Gasteiger partial charge in [-0.1, -0.05) is 30.3 Å². The van der Waals surface area contributed by atoms with Crippen LogP contribution in [-0.4, -0.2) is 48.3 Å². The van der Waals surface area contributed by atoms with Gasteiger partial charge in [-0.3, -0.25) is 4.79 Å². The van der Waals surface area contributed by atoms with Crippen molar-refractivity contribution in [3.05, 3.63) is 47.7 Å². The lowest BCUT2D eigenvalue weighted by Crippen LogP contribution is -2.30. The number of ether oxygens (including phenoxy) is 1. The number of carbonyl (C=O) groups excluding carboxylic acids is 1. The van der Waals surface area contributed by atoms with Crippen molar-refractivity contribution in [2.24, 2.45) is 0 Å². The lowest BCUT2D eigenvalue weighted by molar-refractivity contribution is 0.0595. The molecule has 2 aromatic rings. The number of carbonyl (C=O) groups is 1. The Labute approximate surface area is 128 Å². The zero-order valence-electron chi connectivity index (χ0n) is 12.7. The lowest BCUT2D eigenvalue weighted by atomic mass is 10.1. The number of nitrogens with one attached hydrogen (secondary N) is 1. The number of H-pyrrole nitrogens is 1. The first-order valence-corrected chi connectivity index (χ1v) is 7.31. The number of likely N-dealkylation sites (tertiary alicyclic amines) is 1. The van der Waals surface area contributed by atoms with Crippen LogP contribution in [0, 0.1) is 6.92 Å². The van der Waals surface area contributed by atoms with Crippen molar-refractivity contribution < 1.29 is 13.9 Å². The van der Waals surface area contributed by atoms with Crippen LogP contribution in [0.4, 0.5) is 4.39 Å². The second-order valence-corrected chi connectivity index (χ2v) is 5.59. The first-order chi connectivity index (χ1) is 10.6. The van der Waals surface area contributed by atoms with Crippen LogP contribution in [0.2, 0.25) is 0 Å². The quantitative estimate of drug-likeness (QED) is 0.947. The number of halogens is 1. The molecule has 3 rings (SSSR count). The highest BCUT2D eigenvalue weighted by Crippen LogP contribution is 2.25. The van der Waals surface area contributed by atoms with Crippen molar-refractivity contribution in [3.63, 3.8) is 0 Å². The summed E-state index contributed by atoms with van der Waals surface area (Å²) >= 11 is 0. The van der Waals surface area contributed by atoms with E-state index in [1.165, 1.54) is 12.0 Å². The Morgan fingerprint density at radius 3 is 2.68 bits per heavy atom. The van der Waals surface area contributed by atoms with E-state index in [0.717, 1.165) is 17.0 Å². The minimum Gasteiger partial charge on any atom is -0.377 e. The van der Waals surface area contributed by atoms with E-state index in [1.807, 2.05) is 43.3 Å². The SMILES string of the molecule is CO[C@H]1CN(C(=O)c2cc(-c3ccccc3)[nH]c2C)C[C@@H]1F. The van der Waals surface area contributed by atoms with Crippen LogP contribution in [0.3, 0.4) is 0 Å². The Morgan fingerprint density at radius 2 is 2.05 bits per heavy atom. The summed E-state index contributed by atoms with van der Waals surface area (Å²) in [6, 6.07) is 11.6. The molecule has 1 aliphatic rings. The topological polar surface area (TPSA) is 45.3 Å². The van der Waals surface area contributed by atoms with E-state index >= 15 is 0 Å². The number of methoxy groups -OCH3 is 1. The summed E-state index contributed by atoms with van der Waals surface area (Å²) in [7, 11) is 1.47. The van der Waals surface area contributed by atoms with Gasteiger partial charge < -0.3 is 14.6 Å². The Morgan fingerprint density at radius 1 is 1.32 bits per heavy atom. The van der Waals surface area contributed by atoms with Gasteiger partial charge in [0.25, 0.3) is 5.91 Å². The van der Waals surface area contributed by atoms with Crippen molar-refractivity contribution in [1.82, 2.24) is 9.88 Å². The molecule has 0 unspecified atom stereocenters. The maximum atomic E-state index is 13.8. The van der Waals surface area contributed by atoms with Crippen molar-refractivity contribution in [3.8, 4) is 11.3 Å². The van der Waals surface area contributed by atoms with Gasteiger partial charge in [-0.15, -0.1) is 0 Å². The number of aryl methyl sites for hydroxylation is 1. The molecule has 1 aliphatic heterocycles. The summed E-state index contributed by atoms with van der Waals surface area (Å²) in [5.74, 6) is -0.155. The summed E-state index contributed by atoms with van der Waals surface area (Å²) in [5.41, 5.74) is 3.29. The fourth-order valence-electron chi connectivity index (χ4n) is 2.85. The molecule has 1 aromatic carbocycles. The van der Waals surface area contributed by atoms with E-state index < -0.39 is 12.3 Å². The van der Waals surface area contributed by atoms with Crippen LogP contribution in [0.25, 0.3) is 11.3 Å². The Hall–Kier alpha value is -2.14. The lowest BCUT2D eigenvalue weighted by Gasteiger charge is -2.15. The van der Waals surface area contributed by atoms with Gasteiger partial charge in [0.1, 0.15) is 12.3 Å². The van der Waals surface area contributed by atoms with Crippen molar-refractivity contribution >= 4 is 5.91 Å². The Balaban J connectivity index is 1.84. The monoisotopic (exact) mass is 302 g/mol. The molecule has 1 fully saturated rings. The average Bonchev–Trinajstić information content (AvgIpc) is 3.10. The molecule has 0 spiro atoms. The molecule has 0 saturated carbocycles. The third-order valence-electron chi connectivity index (χ3n) is 4.12. The van der Waals surface area contributed by atoms with Crippen molar-refractivity contribution in [2.45, 2.75) is 19.2 Å². The standard InChI is InChI=1S/C17H19FN2O2/c1-11-13(8-15(19-11)12-6-4-3-5-7-12)17(21)20-9-14(18)16(10-20)22-2/h3-8,14,16,19H,9-10H2,1-2H3/t14-,16-/m0/s1. The van der Waals surface area contributed by atoms with E-state index in [9.17, 15) is 9.18 Å². The number of amides is 1. The number of hydrogen-bond acceptors (Lipinski definition) is 2. The smallest absolute Gasteiger partial charge is 0.255 e. The average molecular weight is 302 g/mol. The van der Waals surface area contributed by atoms with Crippen LogP contribution in [0.15, 0.2) is 36.4 Å². The summed E-state index contributed by atoms with van der Waals surface area (Å²) < 4.78 is 18.8. The second-order valence-electron chi connectivity index (χ2n) is 5.59. The van der Waals surface area contributed by atoms with Gasteiger partial charge in [0.05, 0.1) is 18.7 Å². The van der Waals surface area contributed by atoms with Gasteiger partial charge in [-0.25, -0.2) is 4.39 Å². The van der Waals surface area contributed by atoms with Crippen LogP contribution in [-0.2, 0) is 4.74 Å². The van der Waals surface area contributed by atoms with E-state index in [2.05, 4.69) is 4.98 Å². The number of rotatable bonds is 3. The van der Waals surface area contributed by atoms with Crippen LogP contribution in [0.1, 0.15) is 16.1 Å². The van der Waals surface area contributed by atoms with E-state index in [0.29, 0.717) is 12.1 Å². The van der Waals surface area contributed by atoms with Crippen molar-refractivity contribution in [1.29, 1.82) is 0 Å². The Kier molecular flexibility index (Phi) is 3.98. The number of aromatic amines is 1. The molecule has 1 N–H and O–H groups in total. The zero-order valence-corrected chi connectivity index (χ0v) is 12.7. The van der Waals surface area contributed by atoms with Crippen molar-refractivity contribution in [2.75, 3.05) is 20.2 Å². The van der Waals surface area contributed by atoms with Crippen LogP contribution >= 0.6 is 0 Å². The maximum absolute atomic E-state index is 13.8. The van der Waals surface area contributed by atoms with Crippen LogP contribution < -0.4 is 0 Å². The van der Waals surface area contributed by atoms with E-state index in [4.69, 9.17) is 4.74 Å². The number of hydrogen-bond donors (Lipinski definition) is 1. The van der Waals surface area contributed by atoms with Gasteiger partial charge in [-0.05, 0) is 18.6 Å². The molecular weight excluding hydrogens is 283 g/mol. The molecule has 4 nitrogen and oxygen atoms in total. The fraction of sp³-hybridized carbons (Fsp3) is 0.353. The highest BCUT2D eigenvalue weighted by Gasteiger charge is 2.36. The second kappa shape index (κ2) is 5.93. The minimum absolute atomic E-state index is 0.0859. The predicted molar refractivity (Wildman–Crippen MR) is 82.6 cm³/mol. The number of nitrogens with zero attached hydrogens (tertiary/aromatic N) is 1. The summed E-state index contributed by atoms with van der Waals surface area (Å²) in [6.45, 7) is 2.24. The molecule has 5 heteroatoms. The molecule has 2 atom stereocenters. The zero-order chi connectivity index (χ0) is 15.7. The molecular formula is C17H19FN2O2. The molecule has 22 heavy (non-hydrogen) atoms. The fourth-order valence-corrected chi connectivity index (χ4v) is 2.85. The highest BCUT2D eigenvalue weighted by molar-refractivity contribution is 5.97. The predicted octanol–water partition coefficient (Wildman–Crippen LogP) is 2.80. The molecule has 1 aromatic heterocycles. The molecule has 2 heterocycles. The number of benzene rings is 1. The van der Waals surface area contributed by atoms with Gasteiger partial charge in [0.15, 0.2) is 0 Å². The number of alkyl halides is 1. The first-order valence-electron chi connectivity index (χ1n) is 7.31. The van der Waals surface area contributed by atoms with Gasteiger partial charge in [0, 0.05) is 18.5 Å². The first kappa shape index (κ1) is 14.8. The van der Waals surface area contributed by atoms with Crippen LogP contribution in [0.5, 0.6) is 0 Å².